The third-order valence-corrected chi connectivity index (χ3v) is 3.83. The molecule has 0 saturated heterocycles. The Morgan fingerprint density at radius 3 is 2.48 bits per heavy atom. The Kier molecular flexibility index (Phi) is 5.39. The first-order valence-corrected chi connectivity index (χ1v) is 6.94. The van der Waals surface area contributed by atoms with Crippen molar-refractivity contribution in [2.24, 2.45) is 0 Å². The van der Waals surface area contributed by atoms with Crippen LogP contribution in [0.15, 0.2) is 42.5 Å². The Morgan fingerprint density at radius 2 is 1.81 bits per heavy atom. The second-order valence-electron chi connectivity index (χ2n) is 4.32. The zero-order valence-electron chi connectivity index (χ0n) is 11.1. The average Bonchev–Trinajstić information content (AvgIpc) is 2.44. The molecule has 21 heavy (non-hydrogen) atoms. The van der Waals surface area contributed by atoms with Crippen LogP contribution >= 0.6 is 23.2 Å². The minimum atomic E-state index is -2.86. The van der Waals surface area contributed by atoms with Crippen LogP contribution in [0.5, 0.6) is 5.75 Å². The van der Waals surface area contributed by atoms with Gasteiger partial charge in [0.25, 0.3) is 0 Å². The summed E-state index contributed by atoms with van der Waals surface area (Å²) in [5.41, 5.74) is 1.51. The van der Waals surface area contributed by atoms with E-state index in [-0.39, 0.29) is 11.8 Å². The van der Waals surface area contributed by atoms with Crippen LogP contribution in [0.4, 0.5) is 8.78 Å². The van der Waals surface area contributed by atoms with Crippen molar-refractivity contribution < 1.29 is 13.5 Å². The zero-order valence-corrected chi connectivity index (χ0v) is 12.6. The fourth-order valence-corrected chi connectivity index (χ4v) is 2.53. The van der Waals surface area contributed by atoms with Crippen molar-refractivity contribution in [1.29, 1.82) is 0 Å². The lowest BCUT2D eigenvalue weighted by Gasteiger charge is -2.19. The summed E-state index contributed by atoms with van der Waals surface area (Å²) in [7, 11) is 1.75. The van der Waals surface area contributed by atoms with Gasteiger partial charge in [0, 0.05) is 0 Å². The van der Waals surface area contributed by atoms with Crippen LogP contribution < -0.4 is 10.1 Å². The molecule has 1 unspecified atom stereocenters. The Hall–Kier alpha value is -1.36. The minimum absolute atomic E-state index is 0.0981. The largest absolute Gasteiger partial charge is 0.435 e. The van der Waals surface area contributed by atoms with Crippen LogP contribution in [0.2, 0.25) is 10.0 Å². The highest BCUT2D eigenvalue weighted by atomic mass is 35.5. The number of benzene rings is 2. The van der Waals surface area contributed by atoms with Gasteiger partial charge in [0.15, 0.2) is 0 Å². The Labute approximate surface area is 131 Å². The molecule has 0 saturated carbocycles. The van der Waals surface area contributed by atoms with Crippen molar-refractivity contribution in [1.82, 2.24) is 5.32 Å². The molecule has 0 aliphatic carbocycles. The van der Waals surface area contributed by atoms with Crippen molar-refractivity contribution in [3.05, 3.63) is 63.6 Å². The summed E-state index contributed by atoms with van der Waals surface area (Å²) >= 11 is 12.2. The SMILES string of the molecule is CNC(c1cccc(OC(F)F)c1)c1cccc(Cl)c1Cl. The maximum absolute atomic E-state index is 12.3. The summed E-state index contributed by atoms with van der Waals surface area (Å²) in [6.45, 7) is -2.86. The van der Waals surface area contributed by atoms with Crippen LogP contribution in [-0.2, 0) is 0 Å². The quantitative estimate of drug-likeness (QED) is 0.840. The molecule has 0 fully saturated rings. The van der Waals surface area contributed by atoms with Gasteiger partial charge in [0.05, 0.1) is 16.1 Å². The maximum atomic E-state index is 12.3. The van der Waals surface area contributed by atoms with Crippen molar-refractivity contribution in [2.45, 2.75) is 12.7 Å². The zero-order chi connectivity index (χ0) is 15.4. The number of nitrogens with one attached hydrogen (secondary N) is 1. The van der Waals surface area contributed by atoms with E-state index in [0.717, 1.165) is 11.1 Å². The molecule has 1 N–H and O–H groups in total. The molecule has 0 aliphatic heterocycles. The molecule has 0 bridgehead atoms. The van der Waals surface area contributed by atoms with Crippen LogP contribution in [0, 0.1) is 0 Å². The highest BCUT2D eigenvalue weighted by molar-refractivity contribution is 6.42. The Balaban J connectivity index is 2.39. The van der Waals surface area contributed by atoms with Gasteiger partial charge in [-0.2, -0.15) is 8.78 Å². The molecule has 0 heterocycles. The fraction of sp³-hybridized carbons (Fsp3) is 0.200. The third kappa shape index (κ3) is 3.84. The highest BCUT2D eigenvalue weighted by Crippen LogP contribution is 2.34. The topological polar surface area (TPSA) is 21.3 Å². The second kappa shape index (κ2) is 7.07. The lowest BCUT2D eigenvalue weighted by molar-refractivity contribution is -0.0498. The molecule has 0 aliphatic rings. The molecule has 1 atom stereocenters. The second-order valence-corrected chi connectivity index (χ2v) is 5.10. The standard InChI is InChI=1S/C15H13Cl2F2NO/c1-20-14(11-6-3-7-12(16)13(11)17)9-4-2-5-10(8-9)21-15(18)19/h2-8,14-15,20H,1H3. The van der Waals surface area contributed by atoms with Crippen LogP contribution in [-0.4, -0.2) is 13.7 Å². The van der Waals surface area contributed by atoms with E-state index < -0.39 is 6.61 Å². The molecule has 6 heteroatoms. The predicted octanol–water partition coefficient (Wildman–Crippen LogP) is 4.90. The van der Waals surface area contributed by atoms with Gasteiger partial charge in [0.2, 0.25) is 0 Å². The maximum Gasteiger partial charge on any atom is 0.387 e. The molecule has 2 aromatic rings. The van der Waals surface area contributed by atoms with Gasteiger partial charge < -0.3 is 10.1 Å². The normalized spacial score (nSPS) is 12.5. The molecule has 2 aromatic carbocycles. The number of hydrogen-bond acceptors (Lipinski definition) is 2. The Bertz CT molecular complexity index is 622. The highest BCUT2D eigenvalue weighted by Gasteiger charge is 2.17. The van der Waals surface area contributed by atoms with E-state index in [1.807, 2.05) is 6.07 Å². The van der Waals surface area contributed by atoms with Crippen molar-refractivity contribution in [2.75, 3.05) is 7.05 Å². The number of ether oxygens (including phenoxy) is 1. The van der Waals surface area contributed by atoms with Crippen molar-refractivity contribution in [3.8, 4) is 5.75 Å². The van der Waals surface area contributed by atoms with E-state index >= 15 is 0 Å². The number of alkyl halides is 2. The van der Waals surface area contributed by atoms with Gasteiger partial charge in [-0.3, -0.25) is 0 Å². The number of hydrogen-bond donors (Lipinski definition) is 1. The summed E-state index contributed by atoms with van der Waals surface area (Å²) in [5, 5.41) is 3.97. The lowest BCUT2D eigenvalue weighted by atomic mass is 9.98. The van der Waals surface area contributed by atoms with Crippen LogP contribution in [0.25, 0.3) is 0 Å². The summed E-state index contributed by atoms with van der Waals surface area (Å²) in [5.74, 6) is 0.0981. The van der Waals surface area contributed by atoms with Gasteiger partial charge in [-0.1, -0.05) is 47.5 Å². The molecule has 2 rings (SSSR count). The van der Waals surface area contributed by atoms with E-state index in [0.29, 0.717) is 10.0 Å². The first-order chi connectivity index (χ1) is 10.0. The monoisotopic (exact) mass is 331 g/mol. The molecule has 0 radical (unpaired) electrons. The van der Waals surface area contributed by atoms with Gasteiger partial charge in [-0.25, -0.2) is 0 Å². The van der Waals surface area contributed by atoms with E-state index in [9.17, 15) is 8.78 Å². The molecule has 0 aromatic heterocycles. The summed E-state index contributed by atoms with van der Waals surface area (Å²) in [4.78, 5) is 0. The van der Waals surface area contributed by atoms with Gasteiger partial charge in [0.1, 0.15) is 5.75 Å². The molecular formula is C15H13Cl2F2NO. The molecule has 2 nitrogen and oxygen atoms in total. The summed E-state index contributed by atoms with van der Waals surface area (Å²) in [6.07, 6.45) is 0. The van der Waals surface area contributed by atoms with Crippen LogP contribution in [0.3, 0.4) is 0 Å². The molecular weight excluding hydrogens is 319 g/mol. The fourth-order valence-electron chi connectivity index (χ4n) is 2.12. The summed E-state index contributed by atoms with van der Waals surface area (Å²) < 4.78 is 29.0. The summed E-state index contributed by atoms with van der Waals surface area (Å²) in [6, 6.07) is 11.5. The lowest BCUT2D eigenvalue weighted by Crippen LogP contribution is -2.18. The van der Waals surface area contributed by atoms with Gasteiger partial charge in [-0.15, -0.1) is 0 Å². The van der Waals surface area contributed by atoms with E-state index in [1.54, 1.807) is 37.4 Å². The first kappa shape index (κ1) is 16.0. The average molecular weight is 332 g/mol. The van der Waals surface area contributed by atoms with E-state index in [1.165, 1.54) is 6.07 Å². The van der Waals surface area contributed by atoms with Crippen molar-refractivity contribution >= 4 is 23.2 Å². The van der Waals surface area contributed by atoms with Gasteiger partial charge >= 0.3 is 6.61 Å². The number of halogens is 4. The van der Waals surface area contributed by atoms with Crippen LogP contribution in [0.1, 0.15) is 17.2 Å². The number of rotatable bonds is 5. The van der Waals surface area contributed by atoms with E-state index in [2.05, 4.69) is 10.1 Å². The molecule has 112 valence electrons. The van der Waals surface area contributed by atoms with Gasteiger partial charge in [-0.05, 0) is 36.4 Å². The smallest absolute Gasteiger partial charge is 0.387 e. The van der Waals surface area contributed by atoms with Crippen molar-refractivity contribution in [3.63, 3.8) is 0 Å². The first-order valence-electron chi connectivity index (χ1n) is 6.19. The molecule has 0 amide bonds. The minimum Gasteiger partial charge on any atom is -0.435 e. The Morgan fingerprint density at radius 1 is 1.10 bits per heavy atom. The third-order valence-electron chi connectivity index (χ3n) is 3.00. The molecule has 0 spiro atoms. The van der Waals surface area contributed by atoms with E-state index in [4.69, 9.17) is 23.2 Å². The predicted molar refractivity (Wildman–Crippen MR) is 80.4 cm³/mol.